The Labute approximate surface area is 282 Å². The molecule has 2 aromatic rings. The van der Waals surface area contributed by atoms with Crippen LogP contribution >= 0.6 is 15.6 Å². The van der Waals surface area contributed by atoms with Gasteiger partial charge in [0.2, 0.25) is 5.91 Å². The summed E-state index contributed by atoms with van der Waals surface area (Å²) in [7, 11) is -11.4. The van der Waals surface area contributed by atoms with Gasteiger partial charge in [-0.3, -0.25) is 18.4 Å². The van der Waals surface area contributed by atoms with Gasteiger partial charge in [0.1, 0.15) is 36.8 Å². The molecule has 1 amide bonds. The fraction of sp³-hybridized carbons (Fsp3) is 0.524. The summed E-state index contributed by atoms with van der Waals surface area (Å²) in [5.74, 6) is -12.5. The number of phosphoric ester groups is 2. The number of amides is 1. The van der Waals surface area contributed by atoms with Gasteiger partial charge in [0.15, 0.2) is 23.9 Å². The van der Waals surface area contributed by atoms with Crippen LogP contribution in [-0.4, -0.2) is 131 Å². The van der Waals surface area contributed by atoms with Gasteiger partial charge in [-0.1, -0.05) is 6.08 Å². The molecule has 0 spiro atoms. The summed E-state index contributed by atoms with van der Waals surface area (Å²) < 4.78 is 57.4. The molecule has 271 valence electrons. The molecule has 0 aliphatic carbocycles. The van der Waals surface area contributed by atoms with Gasteiger partial charge in [0.25, 0.3) is 17.4 Å². The molecule has 28 heteroatoms. The van der Waals surface area contributed by atoms with Crippen molar-refractivity contribution in [3.05, 3.63) is 36.7 Å². The summed E-state index contributed by atoms with van der Waals surface area (Å²) in [5.41, 5.74) is 10.7. The van der Waals surface area contributed by atoms with Crippen molar-refractivity contribution in [1.29, 1.82) is 0 Å². The number of hydrogen-bond donors (Lipinski definition) is 11. The number of primary amides is 1. The van der Waals surface area contributed by atoms with E-state index in [0.717, 1.165) is 30.0 Å². The molecule has 0 saturated carbocycles. The predicted molar refractivity (Wildman–Crippen MR) is 146 cm³/mol. The van der Waals surface area contributed by atoms with E-state index in [-0.39, 0.29) is 29.0 Å². The third-order valence-corrected chi connectivity index (χ3v) is 9.83. The summed E-state index contributed by atoms with van der Waals surface area (Å²) in [5, 5.41) is 73.5. The quantitative estimate of drug-likeness (QED) is 0.0752. The summed E-state index contributed by atoms with van der Waals surface area (Å²) >= 11 is 1.06. The van der Waals surface area contributed by atoms with Gasteiger partial charge in [-0.05, 0) is 6.42 Å². The van der Waals surface area contributed by atoms with Crippen molar-refractivity contribution in [3.63, 3.8) is 0 Å². The number of imidazole rings is 1. The Morgan fingerprint density at radius 3 is 2.37 bits per heavy atom. The Morgan fingerprint density at radius 1 is 1.06 bits per heavy atom. The number of carbonyl (C=O) groups is 1. The second-order valence-electron chi connectivity index (χ2n) is 10.4. The zero-order valence-corrected chi connectivity index (χ0v) is 27.5. The first-order chi connectivity index (χ1) is 22.7. The van der Waals surface area contributed by atoms with Crippen molar-refractivity contribution in [2.24, 2.45) is 5.73 Å². The van der Waals surface area contributed by atoms with E-state index in [9.17, 15) is 59.5 Å². The van der Waals surface area contributed by atoms with E-state index in [4.69, 9.17) is 24.6 Å². The van der Waals surface area contributed by atoms with Crippen molar-refractivity contribution >= 4 is 38.5 Å². The fourth-order valence-corrected chi connectivity index (χ4v) is 6.86. The summed E-state index contributed by atoms with van der Waals surface area (Å²) in [6.45, 7) is -2.85. The molecule has 3 aliphatic heterocycles. The van der Waals surface area contributed by atoms with Crippen LogP contribution in [0.5, 0.6) is 0 Å². The molecule has 8 atom stereocenters. The predicted octanol–water partition coefficient (Wildman–Crippen LogP) is -4.85. The molecular formula is C21H29N7O18P2V. The van der Waals surface area contributed by atoms with Gasteiger partial charge in [-0.15, -0.1) is 0 Å². The number of fused-ring (bicyclic) bond motifs is 1. The van der Waals surface area contributed by atoms with Crippen molar-refractivity contribution in [2.75, 3.05) is 18.9 Å². The molecule has 0 bridgehead atoms. The molecule has 25 nitrogen and oxygen atoms in total. The van der Waals surface area contributed by atoms with Crippen molar-refractivity contribution in [2.45, 2.75) is 54.5 Å². The van der Waals surface area contributed by atoms with Crippen LogP contribution < -0.4 is 11.5 Å². The minimum atomic E-state index is -5.81. The number of allylic oxidation sites excluding steroid dienone is 1. The average Bonchev–Trinajstić information content (AvgIpc) is 3.63. The standard InChI is InChI=1S/C21H29N7O17P2.O.V/c22-14-11-16(25-7-24-14)28(8-26-11)18-20(33,34)21(35,36)19(32,44-18)6-42-47(39,40)45-46(37,38)41-5-10-12(29)13(30)17(43-10)27-3-1-2-9(4-27)15(23)31;;/h1,3-4,7-8,10,12-13,17-18,29-30,32-36H,2,5-6H2,(H2,23,31)(H,37,38)(H,39,40)(H2,22,24,25);;/t10-,12-,13-,17-,18-,19+;;/m1../s1. The Kier molecular flexibility index (Phi) is 11.3. The van der Waals surface area contributed by atoms with Crippen molar-refractivity contribution in [3.8, 4) is 0 Å². The second kappa shape index (κ2) is 14.2. The average molecular weight is 780 g/mol. The number of ether oxygens (including phenoxy) is 2. The first-order valence-corrected chi connectivity index (χ1v) is 16.8. The van der Waals surface area contributed by atoms with Gasteiger partial charge in [-0.25, -0.2) is 24.1 Å². The number of nitrogens with two attached hydrogens (primary N) is 2. The maximum atomic E-state index is 12.5. The first-order valence-electron chi connectivity index (χ1n) is 13.2. The summed E-state index contributed by atoms with van der Waals surface area (Å²) in [6, 6.07) is 0. The van der Waals surface area contributed by atoms with Gasteiger partial charge >= 0.3 is 36.7 Å². The zero-order valence-electron chi connectivity index (χ0n) is 24.3. The van der Waals surface area contributed by atoms with E-state index in [1.165, 1.54) is 23.4 Å². The number of nitrogen functional groups attached to an aromatic ring is 1. The topological polar surface area (TPSA) is 395 Å². The van der Waals surface area contributed by atoms with Crippen LogP contribution in [0.4, 0.5) is 5.82 Å². The molecule has 2 unspecified atom stereocenters. The third-order valence-electron chi connectivity index (χ3n) is 7.25. The molecule has 2 aromatic heterocycles. The molecule has 13 N–H and O–H groups in total. The number of anilines is 1. The number of phosphoric acid groups is 2. The number of rotatable bonds is 11. The Morgan fingerprint density at radius 2 is 1.71 bits per heavy atom. The molecular weight excluding hydrogens is 751 g/mol. The molecule has 5 rings (SSSR count). The van der Waals surface area contributed by atoms with Gasteiger partial charge in [0.05, 0.1) is 12.9 Å². The number of aliphatic hydroxyl groups is 7. The maximum absolute atomic E-state index is 12.5. The Hall–Kier alpha value is -2.62. The van der Waals surface area contributed by atoms with E-state index in [1.54, 1.807) is 0 Å². The minimum absolute atomic E-state index is 0.0926. The van der Waals surface area contributed by atoms with Crippen LogP contribution in [0, 0.1) is 0 Å². The Bertz CT molecular complexity index is 1730. The number of aliphatic hydroxyl groups excluding tert-OH is 2. The fourth-order valence-electron chi connectivity index (χ4n) is 4.76. The van der Waals surface area contributed by atoms with E-state index < -0.39 is 82.9 Å². The SMILES string of the molecule is NC(=O)C1=CN([C@@H]2O[C@H](COP(=O)(O)OP(=O)(O)OC[C@]3(O)O[C@@H](n4cnc5c(N)ncnc54)C(O)(O)C3(O)O)[C@@H](O)[C@H]2O)C=CC1.[O]=[V]. The Balaban J connectivity index is 0.00000265. The van der Waals surface area contributed by atoms with Gasteiger partial charge in [-0.2, -0.15) is 4.31 Å². The van der Waals surface area contributed by atoms with Crippen LogP contribution in [-0.2, 0) is 57.8 Å². The normalized spacial score (nSPS) is 31.4. The number of nitrogens with zero attached hydrogens (tertiary/aromatic N) is 5. The van der Waals surface area contributed by atoms with Crippen LogP contribution in [0.15, 0.2) is 36.7 Å². The van der Waals surface area contributed by atoms with Gasteiger partial charge in [0, 0.05) is 18.0 Å². The van der Waals surface area contributed by atoms with Crippen LogP contribution in [0.25, 0.3) is 11.2 Å². The van der Waals surface area contributed by atoms with Crippen molar-refractivity contribution in [1.82, 2.24) is 24.4 Å². The molecule has 2 saturated heterocycles. The van der Waals surface area contributed by atoms with E-state index >= 15 is 0 Å². The molecule has 2 fully saturated rings. The number of hydrogen-bond acceptors (Lipinski definition) is 21. The van der Waals surface area contributed by atoms with E-state index in [1.807, 2.05) is 0 Å². The van der Waals surface area contributed by atoms with Crippen LogP contribution in [0.3, 0.4) is 0 Å². The van der Waals surface area contributed by atoms with Crippen LogP contribution in [0.2, 0.25) is 0 Å². The first kappa shape index (κ1) is 39.2. The van der Waals surface area contributed by atoms with E-state index in [0.29, 0.717) is 4.57 Å². The molecule has 0 radical (unpaired) electrons. The molecule has 5 heterocycles. The molecule has 3 aliphatic rings. The van der Waals surface area contributed by atoms with Crippen LogP contribution in [0.1, 0.15) is 12.6 Å². The van der Waals surface area contributed by atoms with Gasteiger partial charge < -0.3 is 71.4 Å². The molecule has 49 heavy (non-hydrogen) atoms. The number of aromatic nitrogens is 4. The van der Waals surface area contributed by atoms with E-state index in [2.05, 4.69) is 28.3 Å². The number of carbonyl (C=O) groups excluding carboxylic acids is 1. The monoisotopic (exact) mass is 780 g/mol. The molecule has 0 aromatic carbocycles. The summed E-state index contributed by atoms with van der Waals surface area (Å²) in [6.07, 6.45) is -2.42. The zero-order chi connectivity index (χ0) is 36.7. The summed E-state index contributed by atoms with van der Waals surface area (Å²) in [4.78, 5) is 44.1. The second-order valence-corrected chi connectivity index (χ2v) is 13.5. The third kappa shape index (κ3) is 7.55. The van der Waals surface area contributed by atoms with Crippen molar-refractivity contribution < 1.29 is 103 Å².